The van der Waals surface area contributed by atoms with E-state index >= 15 is 0 Å². The molecule has 0 saturated heterocycles. The highest BCUT2D eigenvalue weighted by Crippen LogP contribution is 2.22. The first-order valence-corrected chi connectivity index (χ1v) is 9.01. The Kier molecular flexibility index (Phi) is 9.61. The molecular formula is C18H36N2. The zero-order chi connectivity index (χ0) is 14.6. The minimum Gasteiger partial charge on any atom is -0.358 e. The quantitative estimate of drug-likeness (QED) is 0.444. The molecule has 1 heterocycles. The molecule has 0 aromatic carbocycles. The Morgan fingerprint density at radius 2 is 1.40 bits per heavy atom. The van der Waals surface area contributed by atoms with Crippen LogP contribution in [0.25, 0.3) is 0 Å². The summed E-state index contributed by atoms with van der Waals surface area (Å²) in [6.45, 7) is 10.5. The van der Waals surface area contributed by atoms with Crippen molar-refractivity contribution >= 4 is 0 Å². The lowest BCUT2D eigenvalue weighted by atomic mass is 10.1. The van der Waals surface area contributed by atoms with Crippen LogP contribution in [0.5, 0.6) is 0 Å². The number of allylic oxidation sites excluding steroid dienone is 1. The van der Waals surface area contributed by atoms with Gasteiger partial charge in [-0.1, -0.05) is 59.3 Å². The van der Waals surface area contributed by atoms with Crippen LogP contribution in [0.4, 0.5) is 0 Å². The molecule has 0 bridgehead atoms. The van der Waals surface area contributed by atoms with Gasteiger partial charge in [0.05, 0.1) is 6.67 Å². The van der Waals surface area contributed by atoms with Gasteiger partial charge in [-0.3, -0.25) is 0 Å². The molecule has 0 N–H and O–H groups in total. The predicted molar refractivity (Wildman–Crippen MR) is 89.6 cm³/mol. The van der Waals surface area contributed by atoms with Crippen LogP contribution in [0.2, 0.25) is 0 Å². The summed E-state index contributed by atoms with van der Waals surface area (Å²) >= 11 is 0. The fourth-order valence-corrected chi connectivity index (χ4v) is 2.89. The first-order valence-electron chi connectivity index (χ1n) is 9.01. The topological polar surface area (TPSA) is 6.48 Å². The van der Waals surface area contributed by atoms with Crippen LogP contribution in [0, 0.1) is 0 Å². The van der Waals surface area contributed by atoms with E-state index in [-0.39, 0.29) is 0 Å². The number of rotatable bonds is 12. The summed E-state index contributed by atoms with van der Waals surface area (Å²) in [6.07, 6.45) is 15.9. The summed E-state index contributed by atoms with van der Waals surface area (Å²) in [5.41, 5.74) is 1.60. The normalized spacial score (nSPS) is 15.1. The third-order valence-corrected chi connectivity index (χ3v) is 4.21. The number of unbranched alkanes of at least 4 members (excludes halogenated alkanes) is 6. The van der Waals surface area contributed by atoms with Gasteiger partial charge in [-0.2, -0.15) is 0 Å². The Morgan fingerprint density at radius 3 is 2.05 bits per heavy atom. The highest BCUT2D eigenvalue weighted by Gasteiger charge is 2.19. The van der Waals surface area contributed by atoms with E-state index in [1.54, 1.807) is 5.70 Å². The van der Waals surface area contributed by atoms with Crippen molar-refractivity contribution in [3.63, 3.8) is 0 Å². The Hall–Kier alpha value is -0.660. The maximum atomic E-state index is 2.64. The smallest absolute Gasteiger partial charge is 0.0896 e. The molecular weight excluding hydrogens is 244 g/mol. The summed E-state index contributed by atoms with van der Waals surface area (Å²) in [5, 5.41) is 0. The van der Waals surface area contributed by atoms with E-state index in [2.05, 4.69) is 36.8 Å². The number of nitrogens with zero attached hydrogens (tertiary/aromatic N) is 2. The average molecular weight is 280 g/mol. The van der Waals surface area contributed by atoms with Crippen molar-refractivity contribution in [2.24, 2.45) is 0 Å². The van der Waals surface area contributed by atoms with Crippen LogP contribution in [-0.4, -0.2) is 29.6 Å². The minimum absolute atomic E-state index is 1.15. The van der Waals surface area contributed by atoms with Crippen molar-refractivity contribution in [1.29, 1.82) is 0 Å². The SMILES string of the molecule is CCCCCC1=CN(CCCCC)CN1CCCCC. The second-order valence-corrected chi connectivity index (χ2v) is 6.21. The van der Waals surface area contributed by atoms with Crippen molar-refractivity contribution in [3.8, 4) is 0 Å². The standard InChI is InChI=1S/C18H36N2/c1-4-7-10-13-18-16-19(14-11-8-5-2)17-20(18)15-12-9-6-3/h16H,4-15,17H2,1-3H3. The molecule has 0 saturated carbocycles. The van der Waals surface area contributed by atoms with Gasteiger partial charge in [0.2, 0.25) is 0 Å². The number of hydrogen-bond donors (Lipinski definition) is 0. The van der Waals surface area contributed by atoms with E-state index in [0.29, 0.717) is 0 Å². The lowest BCUT2D eigenvalue weighted by Gasteiger charge is -2.24. The van der Waals surface area contributed by atoms with E-state index in [4.69, 9.17) is 0 Å². The molecule has 1 aliphatic rings. The molecule has 0 unspecified atom stereocenters. The van der Waals surface area contributed by atoms with E-state index < -0.39 is 0 Å². The minimum atomic E-state index is 1.15. The monoisotopic (exact) mass is 280 g/mol. The Balaban J connectivity index is 2.38. The highest BCUT2D eigenvalue weighted by atomic mass is 15.4. The fraction of sp³-hybridized carbons (Fsp3) is 0.889. The molecule has 2 heteroatoms. The molecule has 0 radical (unpaired) electrons. The van der Waals surface area contributed by atoms with Gasteiger partial charge in [0.1, 0.15) is 0 Å². The maximum absolute atomic E-state index is 2.64. The third-order valence-electron chi connectivity index (χ3n) is 4.21. The van der Waals surface area contributed by atoms with Gasteiger partial charge in [0.15, 0.2) is 0 Å². The first kappa shape index (κ1) is 17.4. The van der Waals surface area contributed by atoms with Crippen LogP contribution in [-0.2, 0) is 0 Å². The molecule has 1 aliphatic heterocycles. The lowest BCUT2D eigenvalue weighted by Crippen LogP contribution is -2.28. The van der Waals surface area contributed by atoms with Crippen LogP contribution in [0.1, 0.15) is 85.0 Å². The van der Waals surface area contributed by atoms with Crippen LogP contribution < -0.4 is 0 Å². The van der Waals surface area contributed by atoms with Gasteiger partial charge < -0.3 is 9.80 Å². The summed E-state index contributed by atoms with van der Waals surface area (Å²) in [6, 6.07) is 0. The molecule has 0 aliphatic carbocycles. The zero-order valence-corrected chi connectivity index (χ0v) is 14.2. The third kappa shape index (κ3) is 6.67. The molecule has 0 fully saturated rings. The molecule has 0 atom stereocenters. The largest absolute Gasteiger partial charge is 0.358 e. The zero-order valence-electron chi connectivity index (χ0n) is 14.2. The number of hydrogen-bond acceptors (Lipinski definition) is 2. The fourth-order valence-electron chi connectivity index (χ4n) is 2.89. The molecule has 0 aromatic heterocycles. The van der Waals surface area contributed by atoms with Crippen molar-refractivity contribution in [2.45, 2.75) is 85.0 Å². The lowest BCUT2D eigenvalue weighted by molar-refractivity contribution is 0.244. The van der Waals surface area contributed by atoms with Crippen molar-refractivity contribution in [2.75, 3.05) is 19.8 Å². The van der Waals surface area contributed by atoms with E-state index in [1.165, 1.54) is 77.3 Å². The maximum Gasteiger partial charge on any atom is 0.0896 e. The average Bonchev–Trinajstić information content (AvgIpc) is 2.82. The molecule has 0 spiro atoms. The second-order valence-electron chi connectivity index (χ2n) is 6.21. The van der Waals surface area contributed by atoms with Crippen molar-refractivity contribution in [3.05, 3.63) is 11.9 Å². The second kappa shape index (κ2) is 11.0. The van der Waals surface area contributed by atoms with Crippen molar-refractivity contribution in [1.82, 2.24) is 9.80 Å². The molecule has 2 nitrogen and oxygen atoms in total. The Labute approximate surface area is 127 Å². The van der Waals surface area contributed by atoms with Gasteiger partial charge in [0.25, 0.3) is 0 Å². The van der Waals surface area contributed by atoms with Crippen LogP contribution in [0.3, 0.4) is 0 Å². The first-order chi connectivity index (χ1) is 9.81. The predicted octanol–water partition coefficient (Wildman–Crippen LogP) is 5.36. The molecule has 118 valence electrons. The molecule has 20 heavy (non-hydrogen) atoms. The van der Waals surface area contributed by atoms with Crippen molar-refractivity contribution < 1.29 is 0 Å². The van der Waals surface area contributed by atoms with E-state index in [1.807, 2.05) is 0 Å². The molecule has 0 amide bonds. The van der Waals surface area contributed by atoms with Gasteiger partial charge in [-0.05, 0) is 25.7 Å². The van der Waals surface area contributed by atoms with Crippen LogP contribution >= 0.6 is 0 Å². The summed E-state index contributed by atoms with van der Waals surface area (Å²) in [5.74, 6) is 0. The van der Waals surface area contributed by atoms with E-state index in [0.717, 1.165) is 6.67 Å². The van der Waals surface area contributed by atoms with E-state index in [9.17, 15) is 0 Å². The van der Waals surface area contributed by atoms with Gasteiger partial charge in [-0.15, -0.1) is 0 Å². The summed E-state index contributed by atoms with van der Waals surface area (Å²) in [4.78, 5) is 5.18. The molecule has 0 aromatic rings. The molecule has 1 rings (SSSR count). The highest BCUT2D eigenvalue weighted by molar-refractivity contribution is 5.06. The summed E-state index contributed by atoms with van der Waals surface area (Å²) < 4.78 is 0. The Bertz CT molecular complexity index is 260. The van der Waals surface area contributed by atoms with Gasteiger partial charge >= 0.3 is 0 Å². The summed E-state index contributed by atoms with van der Waals surface area (Å²) in [7, 11) is 0. The van der Waals surface area contributed by atoms with Crippen LogP contribution in [0.15, 0.2) is 11.9 Å². The van der Waals surface area contributed by atoms with Gasteiger partial charge in [0, 0.05) is 25.0 Å². The van der Waals surface area contributed by atoms with Gasteiger partial charge in [-0.25, -0.2) is 0 Å². The Morgan fingerprint density at radius 1 is 0.800 bits per heavy atom.